The third kappa shape index (κ3) is 4.39. The van der Waals surface area contributed by atoms with E-state index in [1.54, 1.807) is 12.1 Å². The summed E-state index contributed by atoms with van der Waals surface area (Å²) in [5.41, 5.74) is 3.19. The molecule has 0 bridgehead atoms. The van der Waals surface area contributed by atoms with Crippen LogP contribution < -0.4 is 10.6 Å². The quantitative estimate of drug-likeness (QED) is 0.801. The number of amides is 1. The summed E-state index contributed by atoms with van der Waals surface area (Å²) in [6, 6.07) is 9.68. The summed E-state index contributed by atoms with van der Waals surface area (Å²) in [7, 11) is 0. The highest BCUT2D eigenvalue weighted by Gasteiger charge is 2.12. The minimum Gasteiger partial charge on any atom is -0.347 e. The van der Waals surface area contributed by atoms with Crippen molar-refractivity contribution in [3.05, 3.63) is 59.9 Å². The van der Waals surface area contributed by atoms with Crippen LogP contribution >= 0.6 is 0 Å². The van der Waals surface area contributed by atoms with Crippen LogP contribution in [0.3, 0.4) is 0 Å². The fourth-order valence-corrected chi connectivity index (χ4v) is 2.23. The minimum atomic E-state index is -0.240. The molecule has 1 aromatic carbocycles. The van der Waals surface area contributed by atoms with E-state index >= 15 is 0 Å². The molecule has 2 N–H and O–H groups in total. The normalized spacial score (nSPS) is 10.4. The van der Waals surface area contributed by atoms with Crippen molar-refractivity contribution in [3.8, 4) is 0 Å². The Morgan fingerprint density at radius 2 is 2.04 bits per heavy atom. The molecule has 1 aromatic heterocycles. The van der Waals surface area contributed by atoms with Gasteiger partial charge in [-0.05, 0) is 30.5 Å². The van der Waals surface area contributed by atoms with Crippen LogP contribution in [0.2, 0.25) is 0 Å². The minimum absolute atomic E-state index is 0.240. The zero-order chi connectivity index (χ0) is 16.8. The molecule has 0 aliphatic heterocycles. The molecular weight excluding hydrogens is 288 g/mol. The van der Waals surface area contributed by atoms with Crippen LogP contribution in [-0.2, 0) is 0 Å². The lowest BCUT2D eigenvalue weighted by molar-refractivity contribution is 0.0953. The second-order valence-electron chi connectivity index (χ2n) is 5.58. The van der Waals surface area contributed by atoms with Crippen molar-refractivity contribution in [3.63, 3.8) is 0 Å². The van der Waals surface area contributed by atoms with Gasteiger partial charge in [-0.2, -0.15) is 0 Å². The van der Waals surface area contributed by atoms with E-state index in [-0.39, 0.29) is 5.91 Å². The first kappa shape index (κ1) is 16.7. The first-order chi connectivity index (χ1) is 11.0. The van der Waals surface area contributed by atoms with Crippen LogP contribution in [0, 0.1) is 6.92 Å². The number of anilines is 2. The molecule has 5 heteroatoms. The number of hydrogen-bond acceptors (Lipinski definition) is 4. The lowest BCUT2D eigenvalue weighted by Gasteiger charge is -2.14. The van der Waals surface area contributed by atoms with E-state index in [0.29, 0.717) is 24.1 Å². The van der Waals surface area contributed by atoms with Crippen LogP contribution in [-0.4, -0.2) is 22.4 Å². The third-order valence-electron chi connectivity index (χ3n) is 3.32. The number of rotatable bonds is 6. The summed E-state index contributed by atoms with van der Waals surface area (Å²) in [5, 5.41) is 5.95. The van der Waals surface area contributed by atoms with Gasteiger partial charge >= 0.3 is 0 Å². The molecule has 0 saturated carbocycles. The van der Waals surface area contributed by atoms with Gasteiger partial charge in [0, 0.05) is 17.9 Å². The predicted octanol–water partition coefficient (Wildman–Crippen LogP) is 3.57. The Morgan fingerprint density at radius 3 is 2.74 bits per heavy atom. The molecule has 0 spiro atoms. The molecule has 0 saturated heterocycles. The predicted molar refractivity (Wildman–Crippen MR) is 93.1 cm³/mol. The number of para-hydroxylation sites is 1. The average molecular weight is 310 g/mol. The highest BCUT2D eigenvalue weighted by molar-refractivity contribution is 5.92. The number of hydrogen-bond donors (Lipinski definition) is 2. The van der Waals surface area contributed by atoms with E-state index in [4.69, 9.17) is 0 Å². The molecule has 0 aliphatic carbocycles. The van der Waals surface area contributed by atoms with Crippen LogP contribution in [0.15, 0.2) is 43.0 Å². The Morgan fingerprint density at radius 1 is 1.30 bits per heavy atom. The summed E-state index contributed by atoms with van der Waals surface area (Å²) in [5.74, 6) is 0.552. The maximum atomic E-state index is 12.1. The van der Waals surface area contributed by atoms with Crippen LogP contribution in [0.5, 0.6) is 0 Å². The summed E-state index contributed by atoms with van der Waals surface area (Å²) in [6.45, 7) is 10.1. The number of aryl methyl sites for hydroxylation is 1. The second kappa shape index (κ2) is 7.54. The number of carbonyl (C=O) groups is 1. The highest BCUT2D eigenvalue weighted by Crippen LogP contribution is 2.25. The zero-order valence-electron chi connectivity index (χ0n) is 13.8. The summed E-state index contributed by atoms with van der Waals surface area (Å²) in [4.78, 5) is 20.7. The Kier molecular flexibility index (Phi) is 5.46. The van der Waals surface area contributed by atoms with E-state index in [1.165, 1.54) is 5.56 Å². The van der Waals surface area contributed by atoms with E-state index in [1.807, 2.05) is 25.1 Å². The molecule has 0 aliphatic rings. The smallest absolute Gasteiger partial charge is 0.270 e. The Labute approximate surface area is 136 Å². The molecule has 2 aromatic rings. The van der Waals surface area contributed by atoms with E-state index < -0.39 is 0 Å². The molecule has 0 atom stereocenters. The first-order valence-electron chi connectivity index (χ1n) is 7.62. The van der Waals surface area contributed by atoms with Gasteiger partial charge in [-0.3, -0.25) is 4.79 Å². The van der Waals surface area contributed by atoms with Gasteiger partial charge in [0.2, 0.25) is 5.95 Å². The van der Waals surface area contributed by atoms with Crippen LogP contribution in [0.4, 0.5) is 11.6 Å². The standard InChI is InChI=1S/C18H22N4O/c1-5-10-19-17(23)16-11-13(4)20-18(22-16)21-15-9-7-6-8-14(15)12(2)3/h5-9,11-12H,1,10H2,2-4H3,(H,19,23)(H,20,21,22). The van der Waals surface area contributed by atoms with Gasteiger partial charge in [0.1, 0.15) is 5.69 Å². The highest BCUT2D eigenvalue weighted by atomic mass is 16.1. The number of benzene rings is 1. The van der Waals surface area contributed by atoms with E-state index in [2.05, 4.69) is 47.1 Å². The van der Waals surface area contributed by atoms with Crippen molar-refractivity contribution >= 4 is 17.5 Å². The van der Waals surface area contributed by atoms with Gasteiger partial charge in [0.05, 0.1) is 0 Å². The molecule has 120 valence electrons. The third-order valence-corrected chi connectivity index (χ3v) is 3.32. The molecule has 2 rings (SSSR count). The molecule has 0 fully saturated rings. The fraction of sp³-hybridized carbons (Fsp3) is 0.278. The van der Waals surface area contributed by atoms with Gasteiger partial charge in [-0.1, -0.05) is 38.1 Å². The lowest BCUT2D eigenvalue weighted by Crippen LogP contribution is -2.24. The molecule has 5 nitrogen and oxygen atoms in total. The lowest BCUT2D eigenvalue weighted by atomic mass is 10.0. The molecular formula is C18H22N4O. The fourth-order valence-electron chi connectivity index (χ4n) is 2.23. The number of nitrogens with one attached hydrogen (secondary N) is 2. The number of carbonyl (C=O) groups excluding carboxylic acids is 1. The van der Waals surface area contributed by atoms with Crippen molar-refractivity contribution in [2.75, 3.05) is 11.9 Å². The van der Waals surface area contributed by atoms with Crippen molar-refractivity contribution in [2.45, 2.75) is 26.7 Å². The van der Waals surface area contributed by atoms with Gasteiger partial charge in [0.15, 0.2) is 0 Å². The van der Waals surface area contributed by atoms with E-state index in [9.17, 15) is 4.79 Å². The molecule has 0 radical (unpaired) electrons. The second-order valence-corrected chi connectivity index (χ2v) is 5.58. The Bertz CT molecular complexity index is 710. The van der Waals surface area contributed by atoms with Crippen molar-refractivity contribution in [1.29, 1.82) is 0 Å². The Balaban J connectivity index is 2.29. The SMILES string of the molecule is C=CCNC(=O)c1cc(C)nc(Nc2ccccc2C(C)C)n1. The summed E-state index contributed by atoms with van der Waals surface area (Å²) >= 11 is 0. The van der Waals surface area contributed by atoms with E-state index in [0.717, 1.165) is 11.4 Å². The number of nitrogens with zero attached hydrogens (tertiary/aromatic N) is 2. The molecule has 1 amide bonds. The van der Waals surface area contributed by atoms with Crippen LogP contribution in [0.25, 0.3) is 0 Å². The molecule has 0 unspecified atom stereocenters. The van der Waals surface area contributed by atoms with Crippen LogP contribution in [0.1, 0.15) is 41.5 Å². The number of aromatic nitrogens is 2. The zero-order valence-corrected chi connectivity index (χ0v) is 13.8. The topological polar surface area (TPSA) is 66.9 Å². The maximum Gasteiger partial charge on any atom is 0.270 e. The summed E-state index contributed by atoms with van der Waals surface area (Å²) in [6.07, 6.45) is 1.63. The monoisotopic (exact) mass is 310 g/mol. The van der Waals surface area contributed by atoms with Gasteiger partial charge < -0.3 is 10.6 Å². The largest absolute Gasteiger partial charge is 0.347 e. The molecule has 1 heterocycles. The first-order valence-corrected chi connectivity index (χ1v) is 7.62. The van der Waals surface area contributed by atoms with Gasteiger partial charge in [0.25, 0.3) is 5.91 Å². The molecule has 23 heavy (non-hydrogen) atoms. The van der Waals surface area contributed by atoms with Gasteiger partial charge in [-0.15, -0.1) is 6.58 Å². The van der Waals surface area contributed by atoms with Crippen molar-refractivity contribution in [2.24, 2.45) is 0 Å². The summed E-state index contributed by atoms with van der Waals surface area (Å²) < 4.78 is 0. The van der Waals surface area contributed by atoms with Crippen molar-refractivity contribution < 1.29 is 4.79 Å². The average Bonchev–Trinajstić information content (AvgIpc) is 2.52. The maximum absolute atomic E-state index is 12.1. The van der Waals surface area contributed by atoms with Crippen molar-refractivity contribution in [1.82, 2.24) is 15.3 Å². The Hall–Kier alpha value is -2.69. The van der Waals surface area contributed by atoms with Gasteiger partial charge in [-0.25, -0.2) is 9.97 Å².